The molecule has 0 spiro atoms. The lowest BCUT2D eigenvalue weighted by molar-refractivity contribution is -0.115. The fourth-order valence-electron chi connectivity index (χ4n) is 4.10. The van der Waals surface area contributed by atoms with Crippen LogP contribution in [0, 0.1) is 0 Å². The second kappa shape index (κ2) is 12.5. The predicted octanol–water partition coefficient (Wildman–Crippen LogP) is 7.12. The summed E-state index contributed by atoms with van der Waals surface area (Å²) in [6.45, 7) is 0. The zero-order valence-electron chi connectivity index (χ0n) is 22.4. The summed E-state index contributed by atoms with van der Waals surface area (Å²) in [4.78, 5) is 22.7. The number of ether oxygens (including phenoxy) is 3. The molecule has 0 bridgehead atoms. The van der Waals surface area contributed by atoms with E-state index < -0.39 is 0 Å². The Labute approximate surface area is 249 Å². The van der Waals surface area contributed by atoms with E-state index in [9.17, 15) is 4.79 Å². The van der Waals surface area contributed by atoms with Gasteiger partial charge in [0.2, 0.25) is 11.7 Å². The van der Waals surface area contributed by atoms with Gasteiger partial charge >= 0.3 is 0 Å². The number of rotatable bonds is 10. The predicted molar refractivity (Wildman–Crippen MR) is 166 cm³/mol. The molecule has 4 N–H and O–H groups in total. The maximum atomic E-state index is 12.6. The van der Waals surface area contributed by atoms with E-state index in [4.69, 9.17) is 36.5 Å². The highest BCUT2D eigenvalue weighted by Gasteiger charge is 2.18. The van der Waals surface area contributed by atoms with Crippen LogP contribution >= 0.6 is 34.3 Å². The number of nitrogens with two attached hydrogens (primary N) is 1. The first-order valence-corrected chi connectivity index (χ1v) is 14.4. The molecule has 5 aromatic rings. The van der Waals surface area contributed by atoms with Crippen molar-refractivity contribution >= 4 is 62.5 Å². The van der Waals surface area contributed by atoms with E-state index in [0.29, 0.717) is 44.6 Å². The van der Waals surface area contributed by atoms with Crippen molar-refractivity contribution in [2.75, 3.05) is 37.7 Å². The van der Waals surface area contributed by atoms with Crippen molar-refractivity contribution in [1.29, 1.82) is 0 Å². The summed E-state index contributed by atoms with van der Waals surface area (Å²) >= 11 is 9.05. The van der Waals surface area contributed by atoms with Gasteiger partial charge < -0.3 is 30.6 Å². The first-order valence-electron chi connectivity index (χ1n) is 12.3. The molecule has 9 nitrogen and oxygen atoms in total. The lowest BCUT2D eigenvalue weighted by Crippen LogP contribution is -2.14. The number of thiazole rings is 2. The average Bonchev–Trinajstić information content (AvgIpc) is 3.60. The number of amides is 1. The highest BCUT2D eigenvalue weighted by atomic mass is 35.5. The number of carbonyl (C=O) groups excluding carboxylic acids is 1. The molecular formula is C29H26ClN5O4S2. The molecule has 0 fully saturated rings. The Balaban J connectivity index is 1.32. The first-order chi connectivity index (χ1) is 19.9. The van der Waals surface area contributed by atoms with Crippen molar-refractivity contribution < 1.29 is 19.0 Å². The summed E-state index contributed by atoms with van der Waals surface area (Å²) in [5, 5.41) is 10.0. The minimum atomic E-state index is -0.154. The summed E-state index contributed by atoms with van der Waals surface area (Å²) in [5.74, 6) is 1.75. The van der Waals surface area contributed by atoms with E-state index >= 15 is 0 Å². The van der Waals surface area contributed by atoms with Gasteiger partial charge in [-0.2, -0.15) is 0 Å². The summed E-state index contributed by atoms with van der Waals surface area (Å²) in [5.41, 5.74) is 10.1. The Morgan fingerprint density at radius 2 is 1.71 bits per heavy atom. The van der Waals surface area contributed by atoms with Crippen LogP contribution in [0.15, 0.2) is 66.0 Å². The molecule has 0 aliphatic heterocycles. The quantitative estimate of drug-likeness (QED) is 0.153. The topological polar surface area (TPSA) is 121 Å². The van der Waals surface area contributed by atoms with Gasteiger partial charge in [0, 0.05) is 39.5 Å². The number of nitrogen functional groups attached to an aromatic ring is 1. The number of anilines is 4. The van der Waals surface area contributed by atoms with Crippen molar-refractivity contribution in [1.82, 2.24) is 9.97 Å². The van der Waals surface area contributed by atoms with Crippen LogP contribution in [0.5, 0.6) is 17.2 Å². The van der Waals surface area contributed by atoms with Gasteiger partial charge in [0.1, 0.15) is 15.7 Å². The maximum absolute atomic E-state index is 12.6. The number of methoxy groups -OCH3 is 3. The standard InChI is InChI=1S/C29H26ClN5O4S2/c1-37-22-13-19(14-23(38-2)25(22)39-3)33-29-35-27(31)26(41-29)28-34-21(15-40-28)17-8-6-9-18(11-17)32-24(36)12-16-7-4-5-10-20(16)30/h4-11,13-15H,12,31H2,1-3H3,(H,32,36)(H,33,35). The summed E-state index contributed by atoms with van der Waals surface area (Å²) in [6, 6.07) is 18.4. The van der Waals surface area contributed by atoms with Crippen molar-refractivity contribution in [2.24, 2.45) is 0 Å². The van der Waals surface area contributed by atoms with Gasteiger partial charge in [-0.05, 0) is 23.8 Å². The molecule has 0 saturated carbocycles. The van der Waals surface area contributed by atoms with Crippen LogP contribution in [0.25, 0.3) is 21.1 Å². The van der Waals surface area contributed by atoms with Crippen LogP contribution in [0.3, 0.4) is 0 Å². The van der Waals surface area contributed by atoms with E-state index in [2.05, 4.69) is 15.6 Å². The summed E-state index contributed by atoms with van der Waals surface area (Å²) < 4.78 is 16.3. The van der Waals surface area contributed by atoms with Crippen molar-refractivity contribution in [2.45, 2.75) is 6.42 Å². The van der Waals surface area contributed by atoms with Gasteiger partial charge in [-0.25, -0.2) is 9.97 Å². The smallest absolute Gasteiger partial charge is 0.228 e. The Hall–Kier alpha value is -4.32. The fourth-order valence-corrected chi connectivity index (χ4v) is 6.14. The van der Waals surface area contributed by atoms with Crippen LogP contribution in [0.1, 0.15) is 5.56 Å². The second-order valence-corrected chi connectivity index (χ2v) is 11.0. The first kappa shape index (κ1) is 28.2. The molecule has 41 heavy (non-hydrogen) atoms. The van der Waals surface area contributed by atoms with Gasteiger partial charge in [-0.1, -0.05) is 53.3 Å². The van der Waals surface area contributed by atoms with Crippen LogP contribution in [0.4, 0.5) is 22.3 Å². The van der Waals surface area contributed by atoms with Gasteiger partial charge in [-0.15, -0.1) is 11.3 Å². The van der Waals surface area contributed by atoms with E-state index in [1.165, 1.54) is 22.7 Å². The number of carbonyl (C=O) groups is 1. The Bertz CT molecular complexity index is 1680. The van der Waals surface area contributed by atoms with E-state index in [1.54, 1.807) is 39.5 Å². The van der Waals surface area contributed by atoms with Gasteiger partial charge in [0.05, 0.1) is 33.4 Å². The Morgan fingerprint density at radius 3 is 2.41 bits per heavy atom. The molecule has 2 heterocycles. The molecule has 210 valence electrons. The second-order valence-electron chi connectivity index (χ2n) is 8.71. The number of halogens is 1. The molecule has 0 unspecified atom stereocenters. The number of aromatic nitrogens is 2. The Morgan fingerprint density at radius 1 is 0.951 bits per heavy atom. The molecule has 3 aromatic carbocycles. The van der Waals surface area contributed by atoms with Crippen LogP contribution in [-0.2, 0) is 11.2 Å². The third-order valence-electron chi connectivity index (χ3n) is 6.02. The third kappa shape index (κ3) is 6.37. The fraction of sp³-hybridized carbons (Fsp3) is 0.138. The molecule has 1 amide bonds. The lowest BCUT2D eigenvalue weighted by atomic mass is 10.1. The highest BCUT2D eigenvalue weighted by Crippen LogP contribution is 2.43. The van der Waals surface area contributed by atoms with E-state index in [-0.39, 0.29) is 12.3 Å². The van der Waals surface area contributed by atoms with E-state index in [0.717, 1.165) is 26.7 Å². The van der Waals surface area contributed by atoms with Gasteiger partial charge in [0.15, 0.2) is 16.6 Å². The molecule has 0 atom stereocenters. The molecule has 0 aliphatic carbocycles. The van der Waals surface area contributed by atoms with Crippen LogP contribution in [-0.4, -0.2) is 37.2 Å². The van der Waals surface area contributed by atoms with Crippen molar-refractivity contribution in [3.63, 3.8) is 0 Å². The number of benzene rings is 3. The lowest BCUT2D eigenvalue weighted by Gasteiger charge is -2.14. The monoisotopic (exact) mass is 607 g/mol. The van der Waals surface area contributed by atoms with Crippen molar-refractivity contribution in [3.05, 3.63) is 76.6 Å². The number of hydrogen-bond donors (Lipinski definition) is 3. The minimum Gasteiger partial charge on any atom is -0.493 e. The Kier molecular flexibility index (Phi) is 8.58. The number of nitrogens with one attached hydrogen (secondary N) is 2. The summed E-state index contributed by atoms with van der Waals surface area (Å²) in [6.07, 6.45) is 0.182. The normalized spacial score (nSPS) is 10.7. The zero-order chi connectivity index (χ0) is 28.9. The van der Waals surface area contributed by atoms with E-state index in [1.807, 2.05) is 47.8 Å². The molecule has 0 radical (unpaired) electrons. The molecule has 5 rings (SSSR count). The molecule has 0 saturated heterocycles. The maximum Gasteiger partial charge on any atom is 0.228 e. The molecular weight excluding hydrogens is 582 g/mol. The molecule has 2 aromatic heterocycles. The third-order valence-corrected chi connectivity index (χ3v) is 8.37. The number of nitrogens with zero attached hydrogens (tertiary/aromatic N) is 2. The molecule has 12 heteroatoms. The van der Waals surface area contributed by atoms with Crippen LogP contribution in [0.2, 0.25) is 5.02 Å². The SMILES string of the molecule is COc1cc(Nc2nc(N)c(-c3nc(-c4cccc(NC(=O)Cc5ccccc5Cl)c4)cs3)s2)cc(OC)c1OC. The highest BCUT2D eigenvalue weighted by molar-refractivity contribution is 7.23. The van der Waals surface area contributed by atoms with Crippen LogP contribution < -0.4 is 30.6 Å². The van der Waals surface area contributed by atoms with Gasteiger partial charge in [-0.3, -0.25) is 4.79 Å². The van der Waals surface area contributed by atoms with Gasteiger partial charge in [0.25, 0.3) is 0 Å². The van der Waals surface area contributed by atoms with Crippen molar-refractivity contribution in [3.8, 4) is 38.4 Å². The summed E-state index contributed by atoms with van der Waals surface area (Å²) in [7, 11) is 4.67. The minimum absolute atomic E-state index is 0.154. The largest absolute Gasteiger partial charge is 0.493 e. The zero-order valence-corrected chi connectivity index (χ0v) is 24.7. The number of hydrogen-bond acceptors (Lipinski definition) is 10. The average molecular weight is 608 g/mol. The molecule has 0 aliphatic rings.